The Morgan fingerprint density at radius 1 is 1.39 bits per heavy atom. The van der Waals surface area contributed by atoms with Crippen LogP contribution < -0.4 is 15.4 Å². The molecule has 1 unspecified atom stereocenters. The summed E-state index contributed by atoms with van der Waals surface area (Å²) in [5, 5.41) is 6.86. The van der Waals surface area contributed by atoms with E-state index in [-0.39, 0.29) is 0 Å². The molecule has 1 heterocycles. The number of thioether (sulfide) groups is 1. The zero-order valence-corrected chi connectivity index (χ0v) is 15.3. The van der Waals surface area contributed by atoms with Crippen LogP contribution in [0.5, 0.6) is 5.75 Å². The first kappa shape index (κ1) is 18.0. The van der Waals surface area contributed by atoms with Crippen molar-refractivity contribution in [3.8, 4) is 5.75 Å². The first-order valence-electron chi connectivity index (χ1n) is 8.45. The lowest BCUT2D eigenvalue weighted by Gasteiger charge is -2.24. The van der Waals surface area contributed by atoms with E-state index in [0.29, 0.717) is 11.4 Å². The van der Waals surface area contributed by atoms with Gasteiger partial charge in [0.05, 0.1) is 6.61 Å². The first-order valence-corrected chi connectivity index (χ1v) is 9.44. The number of ether oxygens (including phenoxy) is 1. The van der Waals surface area contributed by atoms with Gasteiger partial charge in [0, 0.05) is 24.9 Å². The molecule has 128 valence electrons. The van der Waals surface area contributed by atoms with Crippen molar-refractivity contribution in [2.75, 3.05) is 32.5 Å². The van der Waals surface area contributed by atoms with E-state index in [0.717, 1.165) is 31.2 Å². The molecule has 1 aromatic rings. The maximum Gasteiger partial charge on any atom is 0.191 e. The van der Waals surface area contributed by atoms with Crippen LogP contribution in [-0.2, 0) is 6.42 Å². The molecule has 1 fully saturated rings. The monoisotopic (exact) mass is 335 g/mol. The van der Waals surface area contributed by atoms with E-state index in [1.54, 1.807) is 0 Å². The zero-order valence-electron chi connectivity index (χ0n) is 14.5. The van der Waals surface area contributed by atoms with Gasteiger partial charge >= 0.3 is 0 Å². The molecule has 1 saturated heterocycles. The molecular formula is C18H29N3OS. The van der Waals surface area contributed by atoms with Crippen LogP contribution in [0.2, 0.25) is 0 Å². The molecule has 0 aliphatic carbocycles. The van der Waals surface area contributed by atoms with E-state index in [1.165, 1.54) is 24.2 Å². The number of rotatable bonds is 7. The van der Waals surface area contributed by atoms with Gasteiger partial charge in [0.15, 0.2) is 5.96 Å². The molecule has 4 nitrogen and oxygen atoms in total. The van der Waals surface area contributed by atoms with Gasteiger partial charge in [-0.05, 0) is 56.6 Å². The molecule has 0 spiro atoms. The van der Waals surface area contributed by atoms with Crippen molar-refractivity contribution >= 4 is 17.7 Å². The average Bonchev–Trinajstić information content (AvgIpc) is 2.98. The predicted octanol–water partition coefficient (Wildman–Crippen LogP) is 3.08. The van der Waals surface area contributed by atoms with E-state index in [4.69, 9.17) is 4.74 Å². The number of guanidine groups is 1. The molecular weight excluding hydrogens is 306 g/mol. The minimum atomic E-state index is 0.351. The number of nitrogens with one attached hydrogen (secondary N) is 2. The van der Waals surface area contributed by atoms with Gasteiger partial charge in [-0.3, -0.25) is 4.99 Å². The van der Waals surface area contributed by atoms with E-state index >= 15 is 0 Å². The summed E-state index contributed by atoms with van der Waals surface area (Å²) in [5.74, 6) is 3.11. The summed E-state index contributed by atoms with van der Waals surface area (Å²) in [4.78, 5) is 4.32. The van der Waals surface area contributed by atoms with Gasteiger partial charge in [0.25, 0.3) is 0 Å². The summed E-state index contributed by atoms with van der Waals surface area (Å²) in [6.45, 7) is 6.88. The van der Waals surface area contributed by atoms with Gasteiger partial charge in [0.2, 0.25) is 0 Å². The highest BCUT2D eigenvalue weighted by atomic mass is 32.2. The molecule has 2 N–H and O–H groups in total. The predicted molar refractivity (Wildman–Crippen MR) is 101 cm³/mol. The molecule has 1 aliphatic heterocycles. The van der Waals surface area contributed by atoms with Crippen LogP contribution in [0.4, 0.5) is 0 Å². The minimum absolute atomic E-state index is 0.351. The lowest BCUT2D eigenvalue weighted by atomic mass is 10.1. The second kappa shape index (κ2) is 9.06. The minimum Gasteiger partial charge on any atom is -0.494 e. The van der Waals surface area contributed by atoms with E-state index in [1.807, 2.05) is 26.1 Å². The summed E-state index contributed by atoms with van der Waals surface area (Å²) >= 11 is 2.06. The van der Waals surface area contributed by atoms with Gasteiger partial charge in [-0.1, -0.05) is 12.1 Å². The number of nitrogens with zero attached hydrogens (tertiary/aromatic N) is 1. The Labute approximate surface area is 144 Å². The molecule has 0 saturated carbocycles. The zero-order chi connectivity index (χ0) is 16.5. The number of hydrogen-bond donors (Lipinski definition) is 2. The highest BCUT2D eigenvalue weighted by molar-refractivity contribution is 8.00. The molecule has 1 aliphatic rings. The van der Waals surface area contributed by atoms with Crippen molar-refractivity contribution in [1.29, 1.82) is 0 Å². The normalized spacial score (nSPS) is 21.3. The Balaban J connectivity index is 1.74. The fourth-order valence-corrected chi connectivity index (χ4v) is 3.99. The maximum atomic E-state index is 5.54. The Morgan fingerprint density at radius 3 is 2.96 bits per heavy atom. The maximum absolute atomic E-state index is 5.54. The second-order valence-corrected chi connectivity index (χ2v) is 7.77. The molecule has 2 rings (SSSR count). The van der Waals surface area contributed by atoms with Crippen LogP contribution in [0.1, 0.15) is 32.3 Å². The van der Waals surface area contributed by atoms with Crippen LogP contribution in [0.15, 0.2) is 29.3 Å². The summed E-state index contributed by atoms with van der Waals surface area (Å²) in [7, 11) is 1.83. The number of benzene rings is 1. The van der Waals surface area contributed by atoms with Gasteiger partial charge in [-0.25, -0.2) is 0 Å². The Morgan fingerprint density at radius 2 is 2.26 bits per heavy atom. The summed E-state index contributed by atoms with van der Waals surface area (Å²) in [6, 6.07) is 8.29. The van der Waals surface area contributed by atoms with E-state index in [2.05, 4.69) is 46.4 Å². The van der Waals surface area contributed by atoms with Crippen LogP contribution in [0.3, 0.4) is 0 Å². The molecule has 0 bridgehead atoms. The Bertz CT molecular complexity index is 513. The Hall–Kier alpha value is -1.36. The van der Waals surface area contributed by atoms with Crippen molar-refractivity contribution in [2.45, 2.75) is 37.9 Å². The van der Waals surface area contributed by atoms with Crippen LogP contribution in [0.25, 0.3) is 0 Å². The lowest BCUT2D eigenvalue weighted by Crippen LogP contribution is -2.44. The number of hydrogen-bond acceptors (Lipinski definition) is 3. The molecule has 1 aromatic carbocycles. The van der Waals surface area contributed by atoms with Crippen molar-refractivity contribution in [2.24, 2.45) is 4.99 Å². The van der Waals surface area contributed by atoms with E-state index < -0.39 is 0 Å². The lowest BCUT2D eigenvalue weighted by molar-refractivity contribution is 0.340. The molecule has 5 heteroatoms. The summed E-state index contributed by atoms with van der Waals surface area (Å²) in [5.41, 5.74) is 1.28. The molecule has 23 heavy (non-hydrogen) atoms. The van der Waals surface area contributed by atoms with Crippen molar-refractivity contribution < 1.29 is 4.74 Å². The van der Waals surface area contributed by atoms with Crippen molar-refractivity contribution in [3.63, 3.8) is 0 Å². The molecule has 0 aromatic heterocycles. The highest BCUT2D eigenvalue weighted by Crippen LogP contribution is 2.36. The fraction of sp³-hybridized carbons (Fsp3) is 0.611. The van der Waals surface area contributed by atoms with Crippen LogP contribution in [0, 0.1) is 0 Å². The Kier molecular flexibility index (Phi) is 7.09. The molecule has 1 atom stereocenters. The van der Waals surface area contributed by atoms with Gasteiger partial charge in [0.1, 0.15) is 5.75 Å². The third-order valence-corrected chi connectivity index (χ3v) is 5.61. The van der Waals surface area contributed by atoms with Crippen LogP contribution in [-0.4, -0.2) is 43.2 Å². The quantitative estimate of drug-likeness (QED) is 0.594. The molecule has 0 radical (unpaired) electrons. The van der Waals surface area contributed by atoms with Crippen molar-refractivity contribution in [1.82, 2.24) is 10.6 Å². The van der Waals surface area contributed by atoms with Gasteiger partial charge in [-0.15, -0.1) is 0 Å². The van der Waals surface area contributed by atoms with Crippen LogP contribution >= 0.6 is 11.8 Å². The van der Waals surface area contributed by atoms with Crippen molar-refractivity contribution in [3.05, 3.63) is 29.8 Å². The topological polar surface area (TPSA) is 45.6 Å². The van der Waals surface area contributed by atoms with Gasteiger partial charge < -0.3 is 15.4 Å². The standard InChI is InChI=1S/C18H29N3OS/c1-4-22-16-8-5-7-15(13-16)9-11-20-17(19-3)21-14-18(2)10-6-12-23-18/h5,7-8,13H,4,6,9-12,14H2,1-3H3,(H2,19,20,21). The van der Waals surface area contributed by atoms with Gasteiger partial charge in [-0.2, -0.15) is 11.8 Å². The SMILES string of the molecule is CCOc1cccc(CCNC(=NC)NCC2(C)CCCS2)c1. The van der Waals surface area contributed by atoms with E-state index in [9.17, 15) is 0 Å². The smallest absolute Gasteiger partial charge is 0.191 e. The third kappa shape index (κ3) is 5.98. The second-order valence-electron chi connectivity index (χ2n) is 6.08. The first-order chi connectivity index (χ1) is 11.1. The average molecular weight is 336 g/mol. The molecule has 0 amide bonds. The summed E-state index contributed by atoms with van der Waals surface area (Å²) in [6.07, 6.45) is 3.56. The largest absolute Gasteiger partial charge is 0.494 e. The fourth-order valence-electron chi connectivity index (χ4n) is 2.75. The number of aliphatic imine (C=N–C) groups is 1. The third-order valence-electron chi connectivity index (χ3n) is 4.07. The highest BCUT2D eigenvalue weighted by Gasteiger charge is 2.29. The summed E-state index contributed by atoms with van der Waals surface area (Å²) < 4.78 is 5.89.